The highest BCUT2D eigenvalue weighted by molar-refractivity contribution is 5.98. The number of fused-ring (bicyclic) bond motifs is 1. The van der Waals surface area contributed by atoms with E-state index in [0.717, 1.165) is 25.7 Å². The predicted octanol–water partition coefficient (Wildman–Crippen LogP) is 0.137. The lowest BCUT2D eigenvalue weighted by Gasteiger charge is -2.39. The Labute approximate surface area is 354 Å². The second kappa shape index (κ2) is 19.7. The zero-order chi connectivity index (χ0) is 44.2. The van der Waals surface area contributed by atoms with Crippen LogP contribution in [0.15, 0.2) is 42.0 Å². The van der Waals surface area contributed by atoms with Gasteiger partial charge >= 0.3 is 11.9 Å². The lowest BCUT2D eigenvalue weighted by molar-refractivity contribution is -0.298. The van der Waals surface area contributed by atoms with Crippen molar-refractivity contribution in [2.24, 2.45) is 11.8 Å². The van der Waals surface area contributed by atoms with Crippen molar-refractivity contribution >= 4 is 29.8 Å². The van der Waals surface area contributed by atoms with E-state index in [1.165, 1.54) is 6.92 Å². The Morgan fingerprint density at radius 3 is 2.31 bits per heavy atom. The fraction of sp³-hybridized carbons (Fsp3) is 0.674. The maximum atomic E-state index is 13.9. The van der Waals surface area contributed by atoms with Gasteiger partial charge in [0.05, 0.1) is 37.5 Å². The van der Waals surface area contributed by atoms with Crippen molar-refractivity contribution in [3.05, 3.63) is 53.1 Å². The van der Waals surface area contributed by atoms with Crippen molar-refractivity contribution in [2.45, 2.75) is 151 Å². The summed E-state index contributed by atoms with van der Waals surface area (Å²) in [4.78, 5) is 53.3. The van der Waals surface area contributed by atoms with Crippen LogP contribution in [0.4, 0.5) is 0 Å². The van der Waals surface area contributed by atoms with E-state index in [-0.39, 0.29) is 48.8 Å². The van der Waals surface area contributed by atoms with E-state index >= 15 is 0 Å². The first-order valence-electron chi connectivity index (χ1n) is 21.0. The Balaban J connectivity index is 1.12. The minimum Gasteiger partial charge on any atom is -0.460 e. The standard InChI is InChI=1S/C43H60N2O16/c1-22(48)33(39(54)44-28(20-46)14-15-32(49)60-42(2,3)4)45-38(53)25-18-29(37-30(19-25)59-43(61-37,26-10-11-26)27-12-13-27)57-40(55)24-9-5-7-23(17-24)8-6-16-56-41-36(52)35(51)34(50)31(21-47)58-41/h5-9,17,19,22,26-31,33-37,41,46-48,50-52H,10-16,18,20-21H2,1-4H3,(H,44,54)(H,45,53). The molecule has 61 heavy (non-hydrogen) atoms. The van der Waals surface area contributed by atoms with Crippen LogP contribution in [0.2, 0.25) is 0 Å². The molecule has 4 fully saturated rings. The number of esters is 2. The number of carbonyl (C=O) groups is 4. The molecule has 2 saturated heterocycles. The molecule has 0 bridgehead atoms. The zero-order valence-electron chi connectivity index (χ0n) is 34.9. The third kappa shape index (κ3) is 11.6. The Bertz CT molecular complexity index is 1770. The van der Waals surface area contributed by atoms with Crippen molar-refractivity contribution in [1.82, 2.24) is 10.6 Å². The summed E-state index contributed by atoms with van der Waals surface area (Å²) in [6.07, 6.45) is -2.45. The number of hydrogen-bond acceptors (Lipinski definition) is 16. The molecule has 2 amide bonds. The topological polar surface area (TPSA) is 269 Å². The first-order chi connectivity index (χ1) is 28.9. The van der Waals surface area contributed by atoms with Crippen molar-refractivity contribution in [3.63, 3.8) is 0 Å². The molecule has 338 valence electrons. The van der Waals surface area contributed by atoms with Crippen LogP contribution in [0.25, 0.3) is 6.08 Å². The molecule has 0 spiro atoms. The van der Waals surface area contributed by atoms with E-state index in [0.29, 0.717) is 5.56 Å². The van der Waals surface area contributed by atoms with Gasteiger partial charge in [-0.2, -0.15) is 0 Å². The fourth-order valence-corrected chi connectivity index (χ4v) is 7.91. The second-order valence-corrected chi connectivity index (χ2v) is 17.5. The van der Waals surface area contributed by atoms with E-state index in [4.69, 9.17) is 28.4 Å². The van der Waals surface area contributed by atoms with E-state index in [9.17, 15) is 49.8 Å². The smallest absolute Gasteiger partial charge is 0.338 e. The Hall–Kier alpha value is -3.82. The highest BCUT2D eigenvalue weighted by atomic mass is 16.8. The Morgan fingerprint density at radius 1 is 0.984 bits per heavy atom. The monoisotopic (exact) mass is 860 g/mol. The largest absolute Gasteiger partial charge is 0.460 e. The van der Waals surface area contributed by atoms with E-state index < -0.39 is 116 Å². The van der Waals surface area contributed by atoms with Gasteiger partial charge < -0.3 is 69.7 Å². The van der Waals surface area contributed by atoms with Gasteiger partial charge in [-0.3, -0.25) is 14.4 Å². The number of amides is 2. The number of nitrogens with one attached hydrogen (secondary N) is 2. The highest BCUT2D eigenvalue weighted by Gasteiger charge is 2.64. The quantitative estimate of drug-likeness (QED) is 0.0913. The van der Waals surface area contributed by atoms with Gasteiger partial charge in [0.15, 0.2) is 12.1 Å². The van der Waals surface area contributed by atoms with Crippen molar-refractivity contribution in [3.8, 4) is 0 Å². The van der Waals surface area contributed by atoms with E-state index in [1.807, 2.05) is 0 Å². The molecule has 8 N–H and O–H groups in total. The maximum Gasteiger partial charge on any atom is 0.338 e. The van der Waals surface area contributed by atoms with Crippen molar-refractivity contribution in [1.29, 1.82) is 0 Å². The molecule has 0 aromatic heterocycles. The summed E-state index contributed by atoms with van der Waals surface area (Å²) in [5.74, 6) is -3.22. The Morgan fingerprint density at radius 2 is 1.69 bits per heavy atom. The van der Waals surface area contributed by atoms with Gasteiger partial charge in [-0.25, -0.2) is 4.79 Å². The van der Waals surface area contributed by atoms with Gasteiger partial charge in [0.25, 0.3) is 0 Å². The van der Waals surface area contributed by atoms with Crippen LogP contribution in [0.3, 0.4) is 0 Å². The SMILES string of the molecule is CC(O)C(NC(=O)C1=CC2OC(C3CC3)(C3CC3)OC2C(OC(=O)c2cccc(C=CCOC3OC(CO)C(O)C(O)C3O)c2)C1)C(=O)NC(CO)CCC(=O)OC(C)(C)C. The summed E-state index contributed by atoms with van der Waals surface area (Å²) < 4.78 is 35.6. The molecule has 11 atom stereocenters. The number of ether oxygens (including phenoxy) is 6. The number of hydrogen-bond donors (Lipinski definition) is 8. The number of aliphatic hydroxyl groups is 6. The average molecular weight is 861 g/mol. The molecule has 11 unspecified atom stereocenters. The van der Waals surface area contributed by atoms with E-state index in [1.54, 1.807) is 63.3 Å². The molecular formula is C43H60N2O16. The molecule has 0 radical (unpaired) electrons. The fourth-order valence-electron chi connectivity index (χ4n) is 7.91. The number of carbonyl (C=O) groups excluding carboxylic acids is 4. The Kier molecular flexibility index (Phi) is 15.1. The van der Waals surface area contributed by atoms with Crippen LogP contribution in [0.5, 0.6) is 0 Å². The molecule has 3 aliphatic carbocycles. The van der Waals surface area contributed by atoms with Crippen molar-refractivity contribution < 1.29 is 78.2 Å². The summed E-state index contributed by atoms with van der Waals surface area (Å²) in [7, 11) is 0. The van der Waals surface area contributed by atoms with Crippen LogP contribution in [0, 0.1) is 11.8 Å². The summed E-state index contributed by atoms with van der Waals surface area (Å²) in [5.41, 5.74) is 0.231. The lowest BCUT2D eigenvalue weighted by atomic mass is 9.91. The molecule has 6 rings (SSSR count). The van der Waals surface area contributed by atoms with Crippen LogP contribution >= 0.6 is 0 Å². The molecule has 1 aromatic rings. The van der Waals surface area contributed by atoms with Gasteiger partial charge in [-0.05, 0) is 83.6 Å². The molecule has 2 saturated carbocycles. The third-order valence-electron chi connectivity index (χ3n) is 11.3. The summed E-state index contributed by atoms with van der Waals surface area (Å²) >= 11 is 0. The molecule has 18 nitrogen and oxygen atoms in total. The summed E-state index contributed by atoms with van der Waals surface area (Å²) in [5, 5.41) is 65.4. The maximum absolute atomic E-state index is 13.9. The van der Waals surface area contributed by atoms with Gasteiger partial charge in [0.1, 0.15) is 54.4 Å². The van der Waals surface area contributed by atoms with Crippen LogP contribution in [-0.2, 0) is 42.8 Å². The summed E-state index contributed by atoms with van der Waals surface area (Å²) in [6.45, 7) is 5.32. The highest BCUT2D eigenvalue weighted by Crippen LogP contribution is 2.59. The predicted molar refractivity (Wildman–Crippen MR) is 213 cm³/mol. The average Bonchev–Trinajstić information content (AvgIpc) is 4.17. The van der Waals surface area contributed by atoms with Gasteiger partial charge in [-0.1, -0.05) is 24.3 Å². The lowest BCUT2D eigenvalue weighted by Crippen LogP contribution is -2.59. The molecule has 2 heterocycles. The van der Waals surface area contributed by atoms with Crippen LogP contribution in [-0.4, -0.2) is 153 Å². The number of rotatable bonds is 18. The minimum absolute atomic E-state index is 0.0547. The second-order valence-electron chi connectivity index (χ2n) is 17.5. The molecule has 1 aromatic carbocycles. The summed E-state index contributed by atoms with van der Waals surface area (Å²) in [6, 6.07) is 4.22. The van der Waals surface area contributed by atoms with Crippen LogP contribution in [0.1, 0.15) is 88.6 Å². The number of benzene rings is 1. The van der Waals surface area contributed by atoms with Gasteiger partial charge in [0, 0.05) is 30.3 Å². The third-order valence-corrected chi connectivity index (χ3v) is 11.3. The van der Waals surface area contributed by atoms with Crippen molar-refractivity contribution in [2.75, 3.05) is 19.8 Å². The van der Waals surface area contributed by atoms with Crippen LogP contribution < -0.4 is 10.6 Å². The molecule has 5 aliphatic rings. The first-order valence-corrected chi connectivity index (χ1v) is 21.0. The van der Waals surface area contributed by atoms with Gasteiger partial charge in [0.2, 0.25) is 11.8 Å². The normalized spacial score (nSPS) is 30.1. The molecular weight excluding hydrogens is 800 g/mol. The van der Waals surface area contributed by atoms with Gasteiger partial charge in [-0.15, -0.1) is 0 Å². The zero-order valence-corrected chi connectivity index (χ0v) is 34.9. The minimum atomic E-state index is -1.58. The molecule has 2 aliphatic heterocycles. The van der Waals surface area contributed by atoms with E-state index in [2.05, 4.69) is 10.6 Å². The molecule has 18 heteroatoms. The first kappa shape index (κ1) is 46.7. The number of aliphatic hydroxyl groups excluding tert-OH is 6.